The number of ether oxygens (including phenoxy) is 1. The maximum absolute atomic E-state index is 10.7. The van der Waals surface area contributed by atoms with E-state index in [-0.39, 0.29) is 11.5 Å². The maximum atomic E-state index is 10.7. The minimum atomic E-state index is -4.72. The summed E-state index contributed by atoms with van der Waals surface area (Å²) in [5.74, 6) is 0.142. The quantitative estimate of drug-likeness (QED) is 0.390. The lowest BCUT2D eigenvalue weighted by molar-refractivity contribution is -0.0504. The molecular formula is C10H14N5O7P. The minimum absolute atomic E-state index is 0.142. The zero-order valence-corrected chi connectivity index (χ0v) is 12.4. The molecular weight excluding hydrogens is 333 g/mol. The van der Waals surface area contributed by atoms with Gasteiger partial charge in [0.25, 0.3) is 0 Å². The standard InChI is InChI=1S/C10H14N5O7P/c11-8-5-9(13-2-12-8)15(3-14-5)10-7(17)6(16)4(22-10)1-21-23(18,19)20/h2-4,6-7,10,16-17H,1H2,(H2,11,12,13)(H2,18,19,20)/t4-,6+,7-,10+/m1/s1. The third kappa shape index (κ3) is 3.05. The summed E-state index contributed by atoms with van der Waals surface area (Å²) in [7, 11) is -4.72. The SMILES string of the molecule is Nc1ncnc2c1ncn2[C@H]1O[C@H](COP(=O)(O)O)[C@H](O)[C@H]1O. The van der Waals surface area contributed by atoms with Crippen LogP contribution in [0.25, 0.3) is 11.2 Å². The Morgan fingerprint density at radius 1 is 1.30 bits per heavy atom. The molecule has 3 rings (SSSR count). The summed E-state index contributed by atoms with van der Waals surface area (Å²) in [6, 6.07) is 0. The van der Waals surface area contributed by atoms with Gasteiger partial charge in [-0.15, -0.1) is 0 Å². The molecule has 4 atom stereocenters. The van der Waals surface area contributed by atoms with E-state index in [1.165, 1.54) is 17.2 Å². The molecule has 23 heavy (non-hydrogen) atoms. The Morgan fingerprint density at radius 2 is 2.04 bits per heavy atom. The number of aliphatic hydroxyl groups is 2. The number of nitrogen functional groups attached to an aromatic ring is 1. The largest absolute Gasteiger partial charge is 0.469 e. The molecule has 0 bridgehead atoms. The monoisotopic (exact) mass is 347 g/mol. The summed E-state index contributed by atoms with van der Waals surface area (Å²) >= 11 is 0. The van der Waals surface area contributed by atoms with E-state index in [0.29, 0.717) is 5.52 Å². The summed E-state index contributed by atoms with van der Waals surface area (Å²) in [6.07, 6.45) is -2.49. The van der Waals surface area contributed by atoms with Gasteiger partial charge in [-0.25, -0.2) is 19.5 Å². The van der Waals surface area contributed by atoms with Gasteiger partial charge >= 0.3 is 7.82 Å². The molecule has 0 spiro atoms. The van der Waals surface area contributed by atoms with Crippen LogP contribution < -0.4 is 5.73 Å². The number of nitrogens with two attached hydrogens (primary N) is 1. The van der Waals surface area contributed by atoms with Crippen molar-refractivity contribution in [1.29, 1.82) is 0 Å². The Balaban J connectivity index is 1.85. The molecule has 0 radical (unpaired) electrons. The topological polar surface area (TPSA) is 186 Å². The van der Waals surface area contributed by atoms with E-state index >= 15 is 0 Å². The molecule has 12 nitrogen and oxygen atoms in total. The minimum Gasteiger partial charge on any atom is -0.387 e. The smallest absolute Gasteiger partial charge is 0.387 e. The van der Waals surface area contributed by atoms with E-state index in [0.717, 1.165) is 0 Å². The van der Waals surface area contributed by atoms with Gasteiger partial charge in [-0.3, -0.25) is 9.09 Å². The molecule has 3 heterocycles. The van der Waals surface area contributed by atoms with Crippen molar-refractivity contribution < 1.29 is 33.8 Å². The molecule has 13 heteroatoms. The van der Waals surface area contributed by atoms with Crippen LogP contribution in [-0.4, -0.2) is 64.4 Å². The highest BCUT2D eigenvalue weighted by atomic mass is 31.2. The molecule has 0 aromatic carbocycles. The summed E-state index contributed by atoms with van der Waals surface area (Å²) in [5, 5.41) is 20.1. The van der Waals surface area contributed by atoms with Crippen LogP contribution in [0.4, 0.5) is 5.82 Å². The van der Waals surface area contributed by atoms with Gasteiger partial charge in [0.2, 0.25) is 0 Å². The third-order valence-corrected chi connectivity index (χ3v) is 3.89. The van der Waals surface area contributed by atoms with Crippen molar-refractivity contribution in [2.45, 2.75) is 24.5 Å². The third-order valence-electron chi connectivity index (χ3n) is 3.41. The van der Waals surface area contributed by atoms with E-state index in [2.05, 4.69) is 19.5 Å². The molecule has 1 saturated heterocycles. The van der Waals surface area contributed by atoms with Crippen molar-refractivity contribution in [2.24, 2.45) is 0 Å². The number of hydrogen-bond acceptors (Lipinski definition) is 9. The summed E-state index contributed by atoms with van der Waals surface area (Å²) in [4.78, 5) is 29.2. The van der Waals surface area contributed by atoms with Crippen molar-refractivity contribution in [1.82, 2.24) is 19.5 Å². The molecule has 126 valence electrons. The second kappa shape index (κ2) is 5.76. The van der Waals surface area contributed by atoms with Crippen LogP contribution in [0.2, 0.25) is 0 Å². The lowest BCUT2D eigenvalue weighted by Crippen LogP contribution is -2.33. The first-order chi connectivity index (χ1) is 10.8. The van der Waals surface area contributed by atoms with Gasteiger partial charge in [0.1, 0.15) is 30.2 Å². The average molecular weight is 347 g/mol. The summed E-state index contributed by atoms with van der Waals surface area (Å²) in [6.45, 7) is -0.594. The van der Waals surface area contributed by atoms with Gasteiger partial charge in [0.15, 0.2) is 17.7 Å². The summed E-state index contributed by atoms with van der Waals surface area (Å²) < 4.78 is 21.8. The lowest BCUT2D eigenvalue weighted by Gasteiger charge is -2.16. The number of phosphoric acid groups is 1. The molecule has 2 aromatic rings. The lowest BCUT2D eigenvalue weighted by atomic mass is 10.1. The molecule has 6 N–H and O–H groups in total. The van der Waals surface area contributed by atoms with Gasteiger partial charge in [-0.05, 0) is 0 Å². The Labute approximate surface area is 128 Å². The Morgan fingerprint density at radius 3 is 2.74 bits per heavy atom. The van der Waals surface area contributed by atoms with Crippen LogP contribution in [0.1, 0.15) is 6.23 Å². The van der Waals surface area contributed by atoms with Gasteiger partial charge in [0, 0.05) is 0 Å². The van der Waals surface area contributed by atoms with Crippen molar-refractivity contribution >= 4 is 24.8 Å². The first-order valence-electron chi connectivity index (χ1n) is 6.42. The average Bonchev–Trinajstić information content (AvgIpc) is 3.01. The molecule has 0 saturated carbocycles. The molecule has 0 aliphatic carbocycles. The zero-order chi connectivity index (χ0) is 16.8. The zero-order valence-electron chi connectivity index (χ0n) is 11.5. The van der Waals surface area contributed by atoms with Crippen molar-refractivity contribution in [3.05, 3.63) is 12.7 Å². The highest BCUT2D eigenvalue weighted by Gasteiger charge is 2.45. The number of aliphatic hydroxyl groups excluding tert-OH is 2. The predicted octanol–water partition coefficient (Wildman–Crippen LogP) is -1.86. The number of aromatic nitrogens is 4. The van der Waals surface area contributed by atoms with Crippen molar-refractivity contribution in [3.8, 4) is 0 Å². The van der Waals surface area contributed by atoms with Crippen LogP contribution in [-0.2, 0) is 13.8 Å². The highest BCUT2D eigenvalue weighted by molar-refractivity contribution is 7.46. The molecule has 0 unspecified atom stereocenters. The maximum Gasteiger partial charge on any atom is 0.469 e. The first kappa shape index (κ1) is 16.2. The number of imidazole rings is 1. The van der Waals surface area contributed by atoms with E-state index in [4.69, 9.17) is 20.3 Å². The van der Waals surface area contributed by atoms with E-state index in [9.17, 15) is 14.8 Å². The molecule has 2 aromatic heterocycles. The fourth-order valence-corrected chi connectivity index (χ4v) is 2.66. The molecule has 1 aliphatic rings. The van der Waals surface area contributed by atoms with Crippen molar-refractivity contribution in [3.63, 3.8) is 0 Å². The number of hydrogen-bond donors (Lipinski definition) is 5. The van der Waals surface area contributed by atoms with Crippen LogP contribution in [0.3, 0.4) is 0 Å². The summed E-state index contributed by atoms with van der Waals surface area (Å²) in [5.41, 5.74) is 6.25. The number of phosphoric ester groups is 1. The molecule has 1 fully saturated rings. The normalized spacial score (nSPS) is 28.5. The van der Waals surface area contributed by atoms with E-state index < -0.39 is 39.0 Å². The fraction of sp³-hybridized carbons (Fsp3) is 0.500. The number of nitrogens with zero attached hydrogens (tertiary/aromatic N) is 4. The van der Waals surface area contributed by atoms with Crippen LogP contribution >= 0.6 is 7.82 Å². The first-order valence-corrected chi connectivity index (χ1v) is 7.95. The van der Waals surface area contributed by atoms with Crippen LogP contribution in [0.15, 0.2) is 12.7 Å². The second-order valence-electron chi connectivity index (χ2n) is 4.92. The Bertz CT molecular complexity index is 763. The van der Waals surface area contributed by atoms with E-state index in [1.807, 2.05) is 0 Å². The predicted molar refractivity (Wildman–Crippen MR) is 73.7 cm³/mol. The van der Waals surface area contributed by atoms with Crippen LogP contribution in [0, 0.1) is 0 Å². The Hall–Kier alpha value is -1.66. The number of rotatable bonds is 4. The van der Waals surface area contributed by atoms with Gasteiger partial charge in [-0.2, -0.15) is 0 Å². The Kier molecular flexibility index (Phi) is 4.06. The van der Waals surface area contributed by atoms with Crippen LogP contribution in [0.5, 0.6) is 0 Å². The van der Waals surface area contributed by atoms with Crippen molar-refractivity contribution in [2.75, 3.05) is 12.3 Å². The van der Waals surface area contributed by atoms with E-state index in [1.54, 1.807) is 0 Å². The fourth-order valence-electron chi connectivity index (χ4n) is 2.32. The van der Waals surface area contributed by atoms with Gasteiger partial charge in [0.05, 0.1) is 12.9 Å². The van der Waals surface area contributed by atoms with Gasteiger partial charge in [-0.1, -0.05) is 0 Å². The highest BCUT2D eigenvalue weighted by Crippen LogP contribution is 2.38. The molecule has 1 aliphatic heterocycles. The second-order valence-corrected chi connectivity index (χ2v) is 6.15. The van der Waals surface area contributed by atoms with Gasteiger partial charge < -0.3 is 30.5 Å². The number of anilines is 1. The number of fused-ring (bicyclic) bond motifs is 1. The molecule has 0 amide bonds.